The van der Waals surface area contributed by atoms with Crippen molar-refractivity contribution in [1.82, 2.24) is 5.32 Å². The van der Waals surface area contributed by atoms with Gasteiger partial charge in [-0.2, -0.15) is 0 Å². The number of carbonyl (C=O) groups excluding carboxylic acids is 1. The molecule has 82 valence electrons. The summed E-state index contributed by atoms with van der Waals surface area (Å²) in [6.45, 7) is 3.27. The zero-order chi connectivity index (χ0) is 10.4. The standard InChI is InChI=1S/C11H22N2O/c1-2-10(9-6-7-9)13-8-4-3-5-11(12)14/h9-10,13H,2-8H2,1H3,(H2,12,14). The van der Waals surface area contributed by atoms with E-state index in [0.717, 1.165) is 25.3 Å². The molecule has 0 radical (unpaired) electrons. The van der Waals surface area contributed by atoms with Crippen molar-refractivity contribution in [1.29, 1.82) is 0 Å². The van der Waals surface area contributed by atoms with Crippen molar-refractivity contribution >= 4 is 5.91 Å². The minimum Gasteiger partial charge on any atom is -0.370 e. The van der Waals surface area contributed by atoms with Crippen LogP contribution in [0.5, 0.6) is 0 Å². The molecule has 1 aliphatic carbocycles. The van der Waals surface area contributed by atoms with E-state index in [4.69, 9.17) is 5.73 Å². The van der Waals surface area contributed by atoms with Crippen molar-refractivity contribution in [3.63, 3.8) is 0 Å². The second kappa shape index (κ2) is 6.02. The number of unbranched alkanes of at least 4 members (excludes halogenated alkanes) is 1. The second-order valence-corrected chi connectivity index (χ2v) is 4.23. The van der Waals surface area contributed by atoms with E-state index in [0.29, 0.717) is 12.5 Å². The molecule has 1 rings (SSSR count). The Kier molecular flexibility index (Phi) is 4.94. The molecular formula is C11H22N2O. The van der Waals surface area contributed by atoms with E-state index in [1.165, 1.54) is 19.3 Å². The predicted molar refractivity (Wildman–Crippen MR) is 57.9 cm³/mol. The lowest BCUT2D eigenvalue weighted by Crippen LogP contribution is -2.31. The Morgan fingerprint density at radius 3 is 2.71 bits per heavy atom. The Morgan fingerprint density at radius 1 is 1.50 bits per heavy atom. The second-order valence-electron chi connectivity index (χ2n) is 4.23. The lowest BCUT2D eigenvalue weighted by Gasteiger charge is -2.15. The highest BCUT2D eigenvalue weighted by atomic mass is 16.1. The molecule has 1 aliphatic rings. The molecule has 0 aromatic carbocycles. The van der Waals surface area contributed by atoms with E-state index in [1.54, 1.807) is 0 Å². The summed E-state index contributed by atoms with van der Waals surface area (Å²) in [4.78, 5) is 10.5. The molecule has 3 N–H and O–H groups in total. The summed E-state index contributed by atoms with van der Waals surface area (Å²) in [6, 6.07) is 0.712. The molecule has 0 aromatic heterocycles. The third kappa shape index (κ3) is 4.61. The van der Waals surface area contributed by atoms with Gasteiger partial charge in [-0.25, -0.2) is 0 Å². The Morgan fingerprint density at radius 2 is 2.21 bits per heavy atom. The third-order valence-corrected chi connectivity index (χ3v) is 2.89. The van der Waals surface area contributed by atoms with Crippen molar-refractivity contribution < 1.29 is 4.79 Å². The monoisotopic (exact) mass is 198 g/mol. The normalized spacial score (nSPS) is 18.1. The number of nitrogens with two attached hydrogens (primary N) is 1. The topological polar surface area (TPSA) is 55.1 Å². The molecule has 1 amide bonds. The largest absolute Gasteiger partial charge is 0.370 e. The summed E-state index contributed by atoms with van der Waals surface area (Å²) in [6.07, 6.45) is 6.53. The van der Waals surface area contributed by atoms with Crippen molar-refractivity contribution in [3.8, 4) is 0 Å². The summed E-state index contributed by atoms with van der Waals surface area (Å²) < 4.78 is 0. The highest BCUT2D eigenvalue weighted by Gasteiger charge is 2.28. The maximum absolute atomic E-state index is 10.5. The molecule has 0 aliphatic heterocycles. The quantitative estimate of drug-likeness (QED) is 0.580. The molecule has 0 heterocycles. The fourth-order valence-electron chi connectivity index (χ4n) is 1.85. The number of nitrogens with one attached hydrogen (secondary N) is 1. The van der Waals surface area contributed by atoms with Gasteiger partial charge in [0, 0.05) is 12.5 Å². The molecule has 3 nitrogen and oxygen atoms in total. The first kappa shape index (κ1) is 11.5. The van der Waals surface area contributed by atoms with Crippen molar-refractivity contribution in [2.24, 2.45) is 11.7 Å². The van der Waals surface area contributed by atoms with Crippen molar-refractivity contribution in [2.75, 3.05) is 6.54 Å². The van der Waals surface area contributed by atoms with E-state index in [1.807, 2.05) is 0 Å². The van der Waals surface area contributed by atoms with Gasteiger partial charge < -0.3 is 11.1 Å². The molecule has 3 heteroatoms. The molecule has 0 saturated heterocycles. The average molecular weight is 198 g/mol. The van der Waals surface area contributed by atoms with Gasteiger partial charge in [0.15, 0.2) is 0 Å². The number of rotatable bonds is 8. The van der Waals surface area contributed by atoms with Crippen molar-refractivity contribution in [3.05, 3.63) is 0 Å². The fraction of sp³-hybridized carbons (Fsp3) is 0.909. The van der Waals surface area contributed by atoms with Crippen LogP contribution in [0, 0.1) is 5.92 Å². The first-order chi connectivity index (χ1) is 6.74. The van der Waals surface area contributed by atoms with Crippen LogP contribution >= 0.6 is 0 Å². The van der Waals surface area contributed by atoms with E-state index in [9.17, 15) is 4.79 Å². The molecule has 1 fully saturated rings. The van der Waals surface area contributed by atoms with Gasteiger partial charge in [0.1, 0.15) is 0 Å². The highest BCUT2D eigenvalue weighted by molar-refractivity contribution is 5.73. The Hall–Kier alpha value is -0.570. The summed E-state index contributed by atoms with van der Waals surface area (Å²) in [5, 5.41) is 3.55. The summed E-state index contributed by atoms with van der Waals surface area (Å²) in [7, 11) is 0. The van der Waals surface area contributed by atoms with Crippen LogP contribution < -0.4 is 11.1 Å². The third-order valence-electron chi connectivity index (χ3n) is 2.89. The fourth-order valence-corrected chi connectivity index (χ4v) is 1.85. The summed E-state index contributed by atoms with van der Waals surface area (Å²) >= 11 is 0. The molecule has 0 spiro atoms. The average Bonchev–Trinajstić information content (AvgIpc) is 2.94. The maximum Gasteiger partial charge on any atom is 0.217 e. The van der Waals surface area contributed by atoms with Gasteiger partial charge in [-0.15, -0.1) is 0 Å². The van der Waals surface area contributed by atoms with Crippen LogP contribution in [-0.4, -0.2) is 18.5 Å². The molecule has 1 saturated carbocycles. The van der Waals surface area contributed by atoms with Gasteiger partial charge in [0.25, 0.3) is 0 Å². The van der Waals surface area contributed by atoms with Gasteiger partial charge >= 0.3 is 0 Å². The van der Waals surface area contributed by atoms with Gasteiger partial charge in [-0.3, -0.25) is 4.79 Å². The minimum absolute atomic E-state index is 0.181. The molecule has 1 atom stereocenters. The van der Waals surface area contributed by atoms with Crippen LogP contribution in [0.25, 0.3) is 0 Å². The number of amides is 1. The number of hydrogen-bond donors (Lipinski definition) is 2. The summed E-state index contributed by atoms with van der Waals surface area (Å²) in [5.41, 5.74) is 5.06. The van der Waals surface area contributed by atoms with Crippen molar-refractivity contribution in [2.45, 2.75) is 51.5 Å². The van der Waals surface area contributed by atoms with Gasteiger partial charge in [0.2, 0.25) is 5.91 Å². The van der Waals surface area contributed by atoms with Crippen LogP contribution in [0.15, 0.2) is 0 Å². The van der Waals surface area contributed by atoms with Crippen LogP contribution in [0.1, 0.15) is 45.4 Å². The molecule has 0 bridgehead atoms. The predicted octanol–water partition coefficient (Wildman–Crippen LogP) is 1.42. The first-order valence-electron chi connectivity index (χ1n) is 5.75. The van der Waals surface area contributed by atoms with E-state index < -0.39 is 0 Å². The van der Waals surface area contributed by atoms with Crippen LogP contribution in [0.3, 0.4) is 0 Å². The number of hydrogen-bond acceptors (Lipinski definition) is 2. The van der Waals surface area contributed by atoms with E-state index in [2.05, 4.69) is 12.2 Å². The van der Waals surface area contributed by atoms with Crippen LogP contribution in [0.4, 0.5) is 0 Å². The Balaban J connectivity index is 1.93. The number of carbonyl (C=O) groups is 1. The molecular weight excluding hydrogens is 176 g/mol. The van der Waals surface area contributed by atoms with Crippen LogP contribution in [-0.2, 0) is 4.79 Å². The van der Waals surface area contributed by atoms with Gasteiger partial charge in [-0.1, -0.05) is 6.92 Å². The van der Waals surface area contributed by atoms with Crippen LogP contribution in [0.2, 0.25) is 0 Å². The molecule has 0 aromatic rings. The first-order valence-corrected chi connectivity index (χ1v) is 5.75. The van der Waals surface area contributed by atoms with E-state index >= 15 is 0 Å². The zero-order valence-corrected chi connectivity index (χ0v) is 9.09. The smallest absolute Gasteiger partial charge is 0.217 e. The Labute approximate surface area is 86.4 Å². The molecule has 14 heavy (non-hydrogen) atoms. The van der Waals surface area contributed by atoms with Gasteiger partial charge in [0.05, 0.1) is 0 Å². The van der Waals surface area contributed by atoms with Gasteiger partial charge in [-0.05, 0) is 44.6 Å². The summed E-state index contributed by atoms with van der Waals surface area (Å²) in [5.74, 6) is 0.746. The lowest BCUT2D eigenvalue weighted by atomic mass is 10.1. The zero-order valence-electron chi connectivity index (χ0n) is 9.09. The maximum atomic E-state index is 10.5. The minimum atomic E-state index is -0.181. The number of primary amides is 1. The Bertz CT molecular complexity index is 178. The van der Waals surface area contributed by atoms with E-state index in [-0.39, 0.29) is 5.91 Å². The SMILES string of the molecule is CCC(NCCCCC(N)=O)C1CC1. The molecule has 1 unspecified atom stereocenters. The highest BCUT2D eigenvalue weighted by Crippen LogP contribution is 2.33. The lowest BCUT2D eigenvalue weighted by molar-refractivity contribution is -0.118.